The highest BCUT2D eigenvalue weighted by molar-refractivity contribution is 7.80. The van der Waals surface area contributed by atoms with Crippen LogP contribution in [0.25, 0.3) is 0 Å². The maximum atomic E-state index is 13.5. The summed E-state index contributed by atoms with van der Waals surface area (Å²) in [6, 6.07) is 19.5. The van der Waals surface area contributed by atoms with Gasteiger partial charge in [0.15, 0.2) is 5.11 Å². The molecule has 1 atom stereocenters. The van der Waals surface area contributed by atoms with Crippen molar-refractivity contribution in [2.75, 3.05) is 6.54 Å². The number of hydrogen-bond donors (Lipinski definition) is 1. The third-order valence-corrected chi connectivity index (χ3v) is 6.34. The Kier molecular flexibility index (Phi) is 5.38. The van der Waals surface area contributed by atoms with Crippen molar-refractivity contribution in [3.8, 4) is 11.5 Å². The van der Waals surface area contributed by atoms with E-state index in [4.69, 9.17) is 17.0 Å². The summed E-state index contributed by atoms with van der Waals surface area (Å²) in [6.07, 6.45) is 6.84. The lowest BCUT2D eigenvalue weighted by atomic mass is 9.87. The van der Waals surface area contributed by atoms with Crippen LogP contribution in [0, 0.1) is 0 Å². The predicted molar refractivity (Wildman–Crippen MR) is 123 cm³/mol. The number of nitrogens with one attached hydrogen (secondary N) is 1. The molecule has 2 aromatic carbocycles. The maximum Gasteiger partial charge on any atom is 0.238 e. The van der Waals surface area contributed by atoms with Crippen molar-refractivity contribution < 1.29 is 9.53 Å². The van der Waals surface area contributed by atoms with Gasteiger partial charge >= 0.3 is 0 Å². The molecule has 2 aliphatic heterocycles. The van der Waals surface area contributed by atoms with Gasteiger partial charge in [0.05, 0.1) is 12.0 Å². The molecule has 1 amide bonds. The van der Waals surface area contributed by atoms with Gasteiger partial charge in [-0.3, -0.25) is 9.78 Å². The van der Waals surface area contributed by atoms with Crippen LogP contribution in [-0.4, -0.2) is 27.4 Å². The van der Waals surface area contributed by atoms with E-state index in [0.717, 1.165) is 42.5 Å². The molecule has 0 spiro atoms. The highest BCUT2D eigenvalue weighted by Crippen LogP contribution is 2.44. The molecule has 6 heteroatoms. The first-order chi connectivity index (χ1) is 15.2. The number of aromatic nitrogens is 1. The third-order valence-electron chi connectivity index (χ3n) is 6.01. The number of nitrogens with zero attached hydrogens (tertiary/aromatic N) is 2. The van der Waals surface area contributed by atoms with Gasteiger partial charge in [0, 0.05) is 30.1 Å². The lowest BCUT2D eigenvalue weighted by molar-refractivity contribution is -0.120. The average Bonchev–Trinajstić information content (AvgIpc) is 2.83. The number of carbonyl (C=O) groups is 1. The summed E-state index contributed by atoms with van der Waals surface area (Å²) < 4.78 is 6.02. The van der Waals surface area contributed by atoms with Crippen molar-refractivity contribution >= 4 is 23.2 Å². The number of carbonyl (C=O) groups excluding carboxylic acids is 1. The molecular formula is C25H23N3O2S. The van der Waals surface area contributed by atoms with Gasteiger partial charge in [-0.15, -0.1) is 0 Å². The first-order valence-electron chi connectivity index (χ1n) is 10.6. The third kappa shape index (κ3) is 3.79. The Morgan fingerprint density at radius 1 is 1.00 bits per heavy atom. The second-order valence-corrected chi connectivity index (χ2v) is 8.28. The summed E-state index contributed by atoms with van der Waals surface area (Å²) in [5.74, 6) is 0.807. The van der Waals surface area contributed by atoms with E-state index in [1.54, 1.807) is 6.20 Å². The summed E-state index contributed by atoms with van der Waals surface area (Å²) in [5.41, 5.74) is 2.83. The van der Waals surface area contributed by atoms with Crippen LogP contribution in [0.2, 0.25) is 0 Å². The highest BCUT2D eigenvalue weighted by atomic mass is 32.1. The maximum absolute atomic E-state index is 13.5. The van der Waals surface area contributed by atoms with Crippen molar-refractivity contribution in [2.24, 2.45) is 0 Å². The lowest BCUT2D eigenvalue weighted by Gasteiger charge is -2.38. The molecule has 0 saturated carbocycles. The van der Waals surface area contributed by atoms with Gasteiger partial charge in [-0.2, -0.15) is 0 Å². The summed E-state index contributed by atoms with van der Waals surface area (Å²) in [7, 11) is 0. The Labute approximate surface area is 187 Å². The minimum atomic E-state index is -0.472. The largest absolute Gasteiger partial charge is 0.457 e. The fourth-order valence-corrected chi connectivity index (χ4v) is 4.86. The Balaban J connectivity index is 1.42. The molecule has 1 N–H and O–H groups in total. The molecule has 0 aliphatic carbocycles. The number of thiocarbonyl (C=S) groups is 1. The van der Waals surface area contributed by atoms with Gasteiger partial charge in [-0.05, 0) is 55.2 Å². The molecule has 5 nitrogen and oxygen atoms in total. The Hall–Kier alpha value is -3.25. The van der Waals surface area contributed by atoms with E-state index in [9.17, 15) is 4.79 Å². The van der Waals surface area contributed by atoms with E-state index < -0.39 is 5.92 Å². The van der Waals surface area contributed by atoms with Crippen LogP contribution < -0.4 is 10.1 Å². The zero-order valence-electron chi connectivity index (χ0n) is 17.0. The zero-order chi connectivity index (χ0) is 21.2. The minimum absolute atomic E-state index is 0.129. The molecule has 3 heterocycles. The van der Waals surface area contributed by atoms with E-state index in [-0.39, 0.29) is 11.9 Å². The molecule has 2 aliphatic rings. The summed E-state index contributed by atoms with van der Waals surface area (Å²) in [4.78, 5) is 19.9. The molecule has 31 heavy (non-hydrogen) atoms. The second-order valence-electron chi connectivity index (χ2n) is 7.90. The van der Waals surface area contributed by atoms with Crippen molar-refractivity contribution in [1.82, 2.24) is 15.2 Å². The molecule has 1 fully saturated rings. The zero-order valence-corrected chi connectivity index (χ0v) is 17.8. The fourth-order valence-electron chi connectivity index (χ4n) is 4.54. The van der Waals surface area contributed by atoms with E-state index >= 15 is 0 Å². The van der Waals surface area contributed by atoms with E-state index in [0.29, 0.717) is 16.6 Å². The highest BCUT2D eigenvalue weighted by Gasteiger charge is 2.34. The molecule has 1 unspecified atom stereocenters. The number of para-hydroxylation sites is 2. The van der Waals surface area contributed by atoms with Crippen LogP contribution in [0.5, 0.6) is 11.5 Å². The number of likely N-dealkylation sites (tertiary alicyclic amines) is 1. The number of fused-ring (bicyclic) bond motifs is 2. The second kappa shape index (κ2) is 8.47. The van der Waals surface area contributed by atoms with Crippen LogP contribution >= 0.6 is 12.2 Å². The SMILES string of the molecule is O=C(NC(=S)N1CCCCC1c1cccnc1)C1c2ccccc2Oc2ccccc21. The van der Waals surface area contributed by atoms with E-state index in [2.05, 4.69) is 21.3 Å². The number of pyridine rings is 1. The van der Waals surface area contributed by atoms with E-state index in [1.807, 2.05) is 60.8 Å². The lowest BCUT2D eigenvalue weighted by Crippen LogP contribution is -2.48. The number of rotatable bonds is 2. The number of hydrogen-bond acceptors (Lipinski definition) is 4. The van der Waals surface area contributed by atoms with Gasteiger partial charge in [-0.25, -0.2) is 0 Å². The van der Waals surface area contributed by atoms with E-state index in [1.165, 1.54) is 0 Å². The van der Waals surface area contributed by atoms with Crippen LogP contribution in [0.3, 0.4) is 0 Å². The molecule has 0 radical (unpaired) electrons. The van der Waals surface area contributed by atoms with Crippen molar-refractivity contribution in [1.29, 1.82) is 0 Å². The Bertz CT molecular complexity index is 1070. The first kappa shape index (κ1) is 19.7. The van der Waals surface area contributed by atoms with Crippen molar-refractivity contribution in [3.05, 3.63) is 89.7 Å². The van der Waals surface area contributed by atoms with Crippen molar-refractivity contribution in [2.45, 2.75) is 31.2 Å². The smallest absolute Gasteiger partial charge is 0.238 e. The van der Waals surface area contributed by atoms with Gasteiger partial charge < -0.3 is 15.0 Å². The van der Waals surface area contributed by atoms with Gasteiger partial charge in [0.2, 0.25) is 5.91 Å². The van der Waals surface area contributed by atoms with Crippen LogP contribution in [0.1, 0.15) is 47.9 Å². The normalized spacial score (nSPS) is 17.8. The fraction of sp³-hybridized carbons (Fsp3) is 0.240. The molecular weight excluding hydrogens is 406 g/mol. The molecule has 156 valence electrons. The van der Waals surface area contributed by atoms with Crippen LogP contribution in [0.4, 0.5) is 0 Å². The average molecular weight is 430 g/mol. The predicted octanol–water partition coefficient (Wildman–Crippen LogP) is 4.95. The Morgan fingerprint density at radius 3 is 2.39 bits per heavy atom. The standard InChI is InChI=1S/C25H23N3O2S/c29-24(23-18-9-1-3-12-21(18)30-22-13-4-2-10-19(22)23)27-25(31)28-15-6-5-11-20(28)17-8-7-14-26-16-17/h1-4,7-10,12-14,16,20,23H,5-6,11,15H2,(H,27,29,31). The Morgan fingerprint density at radius 2 is 1.71 bits per heavy atom. The molecule has 3 aromatic rings. The quantitative estimate of drug-likeness (QED) is 0.585. The number of benzene rings is 2. The summed E-state index contributed by atoms with van der Waals surface area (Å²) >= 11 is 5.74. The van der Waals surface area contributed by atoms with Gasteiger partial charge in [0.25, 0.3) is 0 Å². The van der Waals surface area contributed by atoms with Gasteiger partial charge in [0.1, 0.15) is 11.5 Å². The summed E-state index contributed by atoms with van der Waals surface area (Å²) in [5, 5.41) is 3.52. The molecule has 0 bridgehead atoms. The molecule has 1 saturated heterocycles. The summed E-state index contributed by atoms with van der Waals surface area (Å²) in [6.45, 7) is 0.819. The van der Waals surface area contributed by atoms with Crippen molar-refractivity contribution in [3.63, 3.8) is 0 Å². The first-order valence-corrected chi connectivity index (χ1v) is 11.0. The topological polar surface area (TPSA) is 54.5 Å². The molecule has 1 aromatic heterocycles. The van der Waals surface area contributed by atoms with Crippen LogP contribution in [-0.2, 0) is 4.79 Å². The molecule has 5 rings (SSSR count). The van der Waals surface area contributed by atoms with Gasteiger partial charge in [-0.1, -0.05) is 42.5 Å². The monoisotopic (exact) mass is 429 g/mol. The van der Waals surface area contributed by atoms with Crippen LogP contribution in [0.15, 0.2) is 73.1 Å². The number of ether oxygens (including phenoxy) is 1. The number of piperidine rings is 1. The number of amides is 1. The minimum Gasteiger partial charge on any atom is -0.457 e.